The molecule has 1 fully saturated rings. The third-order valence-electron chi connectivity index (χ3n) is 3.54. The predicted molar refractivity (Wildman–Crippen MR) is 79.8 cm³/mol. The van der Waals surface area contributed by atoms with Gasteiger partial charge < -0.3 is 19.5 Å². The number of methoxy groups -OCH3 is 2. The summed E-state index contributed by atoms with van der Waals surface area (Å²) >= 11 is 0. The van der Waals surface area contributed by atoms with Crippen LogP contribution in [0.1, 0.15) is 31.9 Å². The summed E-state index contributed by atoms with van der Waals surface area (Å²) in [5.74, 6) is 0.0990. The summed E-state index contributed by atoms with van der Waals surface area (Å²) < 4.78 is 15.8. The molecule has 6 nitrogen and oxygen atoms in total. The van der Waals surface area contributed by atoms with E-state index in [1.807, 2.05) is 19.9 Å². The van der Waals surface area contributed by atoms with Crippen LogP contribution in [0.25, 0.3) is 0 Å². The van der Waals surface area contributed by atoms with Gasteiger partial charge in [0.2, 0.25) is 5.91 Å². The molecular weight excluding hydrogens is 286 g/mol. The van der Waals surface area contributed by atoms with Crippen molar-refractivity contribution in [2.75, 3.05) is 14.2 Å². The maximum absolute atomic E-state index is 11.8. The first-order valence-electron chi connectivity index (χ1n) is 7.18. The largest absolute Gasteiger partial charge is 0.493 e. The predicted octanol–water partition coefficient (Wildman–Crippen LogP) is 1.83. The van der Waals surface area contributed by atoms with Crippen molar-refractivity contribution in [3.8, 4) is 11.5 Å². The van der Waals surface area contributed by atoms with Gasteiger partial charge in [0.1, 0.15) is 0 Å². The van der Waals surface area contributed by atoms with Crippen LogP contribution in [0.2, 0.25) is 0 Å². The van der Waals surface area contributed by atoms with E-state index < -0.39 is 17.9 Å². The molecule has 0 radical (unpaired) electrons. The minimum atomic E-state index is -0.529. The lowest BCUT2D eigenvalue weighted by atomic mass is 9.94. The van der Waals surface area contributed by atoms with Gasteiger partial charge in [-0.3, -0.25) is 9.59 Å². The molecule has 6 heteroatoms. The standard InChI is InChI=1S/C16H21NO5/c1-9(2)22-12-6-5-10(7-13(12)20-3)15-11(16(19)21-4)8-14(18)17-15/h5-7,9,11,15H,8H2,1-4H3,(H,17,18)/t11-,15+/m0/s1. The molecule has 1 aliphatic heterocycles. The molecule has 1 aromatic rings. The van der Waals surface area contributed by atoms with E-state index in [-0.39, 0.29) is 18.4 Å². The summed E-state index contributed by atoms with van der Waals surface area (Å²) in [6, 6.07) is 4.98. The zero-order chi connectivity index (χ0) is 16.3. The number of benzene rings is 1. The Morgan fingerprint density at radius 1 is 1.27 bits per heavy atom. The van der Waals surface area contributed by atoms with E-state index in [1.165, 1.54) is 7.11 Å². The van der Waals surface area contributed by atoms with Gasteiger partial charge in [0, 0.05) is 6.42 Å². The smallest absolute Gasteiger partial charge is 0.311 e. The molecular formula is C16H21NO5. The molecule has 120 valence electrons. The zero-order valence-corrected chi connectivity index (χ0v) is 13.2. The summed E-state index contributed by atoms with van der Waals surface area (Å²) in [5, 5.41) is 2.81. The lowest BCUT2D eigenvalue weighted by Crippen LogP contribution is -2.25. The topological polar surface area (TPSA) is 73.9 Å². The zero-order valence-electron chi connectivity index (χ0n) is 13.2. The van der Waals surface area contributed by atoms with Crippen LogP contribution in [0.3, 0.4) is 0 Å². The molecule has 0 saturated carbocycles. The van der Waals surface area contributed by atoms with Crippen molar-refractivity contribution in [1.29, 1.82) is 0 Å². The van der Waals surface area contributed by atoms with E-state index in [9.17, 15) is 9.59 Å². The molecule has 1 saturated heterocycles. The molecule has 1 amide bonds. The van der Waals surface area contributed by atoms with Crippen molar-refractivity contribution in [2.24, 2.45) is 5.92 Å². The molecule has 0 aliphatic carbocycles. The number of hydrogen-bond donors (Lipinski definition) is 1. The van der Waals surface area contributed by atoms with Gasteiger partial charge in [-0.1, -0.05) is 6.07 Å². The van der Waals surface area contributed by atoms with Crippen LogP contribution >= 0.6 is 0 Å². The Bertz CT molecular complexity index is 570. The second kappa shape index (κ2) is 6.68. The summed E-state index contributed by atoms with van der Waals surface area (Å²) in [4.78, 5) is 23.5. The van der Waals surface area contributed by atoms with Crippen LogP contribution in [0, 0.1) is 5.92 Å². The number of esters is 1. The van der Waals surface area contributed by atoms with E-state index in [1.54, 1.807) is 19.2 Å². The average molecular weight is 307 g/mol. The van der Waals surface area contributed by atoms with Gasteiger partial charge in [0.25, 0.3) is 0 Å². The molecule has 2 atom stereocenters. The Hall–Kier alpha value is -2.24. The van der Waals surface area contributed by atoms with E-state index in [4.69, 9.17) is 14.2 Å². The maximum Gasteiger partial charge on any atom is 0.311 e. The second-order valence-electron chi connectivity index (χ2n) is 5.46. The van der Waals surface area contributed by atoms with Gasteiger partial charge in [0.15, 0.2) is 11.5 Å². The molecule has 0 unspecified atom stereocenters. The van der Waals surface area contributed by atoms with Crippen LogP contribution in [0.5, 0.6) is 11.5 Å². The SMILES string of the molecule is COC(=O)[C@H]1CC(=O)N[C@@H]1c1ccc(OC(C)C)c(OC)c1. The Labute approximate surface area is 129 Å². The number of ether oxygens (including phenoxy) is 3. The van der Waals surface area contributed by atoms with Crippen LogP contribution in [-0.4, -0.2) is 32.2 Å². The second-order valence-corrected chi connectivity index (χ2v) is 5.46. The summed E-state index contributed by atoms with van der Waals surface area (Å²) in [5.41, 5.74) is 0.786. The van der Waals surface area contributed by atoms with Crippen molar-refractivity contribution in [3.05, 3.63) is 23.8 Å². The van der Waals surface area contributed by atoms with Crippen molar-refractivity contribution in [1.82, 2.24) is 5.32 Å². The van der Waals surface area contributed by atoms with Gasteiger partial charge in [-0.05, 0) is 31.5 Å². The highest BCUT2D eigenvalue weighted by molar-refractivity contribution is 5.88. The molecule has 1 aliphatic rings. The fourth-order valence-electron chi connectivity index (χ4n) is 2.57. The number of nitrogens with one attached hydrogen (secondary N) is 1. The fourth-order valence-corrected chi connectivity index (χ4v) is 2.57. The maximum atomic E-state index is 11.8. The van der Waals surface area contributed by atoms with Gasteiger partial charge in [-0.2, -0.15) is 0 Å². The first-order chi connectivity index (χ1) is 10.5. The highest BCUT2D eigenvalue weighted by Crippen LogP contribution is 2.36. The van der Waals surface area contributed by atoms with Crippen molar-refractivity contribution in [2.45, 2.75) is 32.4 Å². The fraction of sp³-hybridized carbons (Fsp3) is 0.500. The number of rotatable bonds is 5. The number of amides is 1. The molecule has 1 N–H and O–H groups in total. The van der Waals surface area contributed by atoms with Crippen LogP contribution in [0.4, 0.5) is 0 Å². The minimum absolute atomic E-state index is 0.0220. The molecule has 2 rings (SSSR count). The number of carbonyl (C=O) groups excluding carboxylic acids is 2. The lowest BCUT2D eigenvalue weighted by Gasteiger charge is -2.20. The Morgan fingerprint density at radius 3 is 2.59 bits per heavy atom. The molecule has 0 bridgehead atoms. The van der Waals surface area contributed by atoms with Crippen LogP contribution in [-0.2, 0) is 14.3 Å². The quantitative estimate of drug-likeness (QED) is 0.840. The monoisotopic (exact) mass is 307 g/mol. The van der Waals surface area contributed by atoms with Crippen molar-refractivity contribution >= 4 is 11.9 Å². The van der Waals surface area contributed by atoms with Crippen LogP contribution in [0.15, 0.2) is 18.2 Å². The molecule has 1 aromatic carbocycles. The lowest BCUT2D eigenvalue weighted by molar-refractivity contribution is -0.146. The first kappa shape index (κ1) is 16.1. The Kier molecular flexibility index (Phi) is 4.90. The molecule has 1 heterocycles. The Balaban J connectivity index is 2.31. The van der Waals surface area contributed by atoms with Crippen LogP contribution < -0.4 is 14.8 Å². The highest BCUT2D eigenvalue weighted by Gasteiger charge is 2.39. The van der Waals surface area contributed by atoms with Gasteiger partial charge in [-0.25, -0.2) is 0 Å². The summed E-state index contributed by atoms with van der Waals surface area (Å²) in [7, 11) is 2.87. The Morgan fingerprint density at radius 2 is 2.00 bits per heavy atom. The van der Waals surface area contributed by atoms with Gasteiger partial charge in [-0.15, -0.1) is 0 Å². The number of carbonyl (C=O) groups is 2. The highest BCUT2D eigenvalue weighted by atomic mass is 16.5. The number of hydrogen-bond acceptors (Lipinski definition) is 5. The van der Waals surface area contributed by atoms with Crippen molar-refractivity contribution in [3.63, 3.8) is 0 Å². The van der Waals surface area contributed by atoms with E-state index in [2.05, 4.69) is 5.32 Å². The van der Waals surface area contributed by atoms with E-state index in [0.717, 1.165) is 5.56 Å². The molecule has 0 aromatic heterocycles. The van der Waals surface area contributed by atoms with Crippen molar-refractivity contribution < 1.29 is 23.8 Å². The van der Waals surface area contributed by atoms with E-state index >= 15 is 0 Å². The average Bonchev–Trinajstić information content (AvgIpc) is 2.88. The molecule has 22 heavy (non-hydrogen) atoms. The van der Waals surface area contributed by atoms with E-state index in [0.29, 0.717) is 11.5 Å². The third kappa shape index (κ3) is 3.32. The molecule has 0 spiro atoms. The summed E-state index contributed by atoms with van der Waals surface area (Å²) in [6.07, 6.45) is 0.151. The minimum Gasteiger partial charge on any atom is -0.493 e. The normalized spacial score (nSPS) is 20.7. The third-order valence-corrected chi connectivity index (χ3v) is 3.54. The summed E-state index contributed by atoms with van der Waals surface area (Å²) in [6.45, 7) is 3.86. The van der Waals surface area contributed by atoms with Gasteiger partial charge in [0.05, 0.1) is 32.3 Å². The van der Waals surface area contributed by atoms with Gasteiger partial charge >= 0.3 is 5.97 Å². The first-order valence-corrected chi connectivity index (χ1v) is 7.18.